The van der Waals surface area contributed by atoms with E-state index < -0.39 is 0 Å². The molecule has 0 N–H and O–H groups in total. The third kappa shape index (κ3) is 6.18. The van der Waals surface area contributed by atoms with E-state index in [0.29, 0.717) is 28.5 Å². The van der Waals surface area contributed by atoms with Gasteiger partial charge in [-0.2, -0.15) is 14.6 Å². The van der Waals surface area contributed by atoms with Gasteiger partial charge in [0.2, 0.25) is 4.96 Å². The Morgan fingerprint density at radius 2 is 1.75 bits per heavy atom. The van der Waals surface area contributed by atoms with E-state index in [0.717, 1.165) is 64.4 Å². The van der Waals surface area contributed by atoms with Gasteiger partial charge in [-0.05, 0) is 79.6 Å². The normalized spacial score (nSPS) is 11.7. The number of thiazole rings is 1. The molecule has 9 heteroatoms. The summed E-state index contributed by atoms with van der Waals surface area (Å²) in [6, 6.07) is 23.5. The van der Waals surface area contributed by atoms with Crippen molar-refractivity contribution in [2.24, 2.45) is 0 Å². The molecule has 3 aromatic carbocycles. The van der Waals surface area contributed by atoms with E-state index in [4.69, 9.17) is 14.6 Å². The minimum absolute atomic E-state index is 0.220. The van der Waals surface area contributed by atoms with Crippen LogP contribution in [-0.2, 0) is 0 Å². The van der Waals surface area contributed by atoms with Gasteiger partial charge >= 0.3 is 0 Å². The molecule has 0 spiro atoms. The third-order valence-electron chi connectivity index (χ3n) is 7.17. The molecule has 0 fully saturated rings. The van der Waals surface area contributed by atoms with Crippen molar-refractivity contribution in [2.75, 3.05) is 13.2 Å². The second-order valence-electron chi connectivity index (χ2n) is 10.4. The number of nitrogens with zero attached hydrogens (tertiary/aromatic N) is 5. The number of hydrogen-bond donors (Lipinski definition) is 0. The van der Waals surface area contributed by atoms with Crippen molar-refractivity contribution in [3.8, 4) is 39.8 Å². The fourth-order valence-electron chi connectivity index (χ4n) is 4.88. The fraction of sp³-hybridized carbons (Fsp3) is 0.200. The topological polar surface area (TPSA) is 83.5 Å². The zero-order valence-corrected chi connectivity index (χ0v) is 25.6. The van der Waals surface area contributed by atoms with Gasteiger partial charge in [0.05, 0.1) is 16.8 Å². The molecule has 0 atom stereocenters. The summed E-state index contributed by atoms with van der Waals surface area (Å²) >= 11 is 1.31. The molecular formula is C35H33N5O3S. The average Bonchev–Trinajstić information content (AvgIpc) is 3.74. The summed E-state index contributed by atoms with van der Waals surface area (Å²) in [5.41, 5.74) is 4.99. The predicted molar refractivity (Wildman–Crippen MR) is 176 cm³/mol. The van der Waals surface area contributed by atoms with Gasteiger partial charge in [-0.1, -0.05) is 62.0 Å². The van der Waals surface area contributed by atoms with E-state index in [2.05, 4.69) is 23.6 Å². The van der Waals surface area contributed by atoms with Crippen molar-refractivity contribution >= 4 is 22.4 Å². The maximum atomic E-state index is 13.5. The van der Waals surface area contributed by atoms with Crippen LogP contribution in [0.3, 0.4) is 0 Å². The second-order valence-corrected chi connectivity index (χ2v) is 11.4. The smallest absolute Gasteiger partial charge is 0.291 e. The number of aryl methyl sites for hydroxylation is 1. The molecule has 0 aliphatic carbocycles. The Morgan fingerprint density at radius 1 is 0.955 bits per heavy atom. The summed E-state index contributed by atoms with van der Waals surface area (Å²) in [6.07, 6.45) is 8.87. The Balaban J connectivity index is 1.34. The Labute approximate surface area is 259 Å². The monoisotopic (exact) mass is 603 g/mol. The lowest BCUT2D eigenvalue weighted by molar-refractivity contribution is 0.306. The third-order valence-corrected chi connectivity index (χ3v) is 8.13. The van der Waals surface area contributed by atoms with Crippen LogP contribution in [0.2, 0.25) is 0 Å². The average molecular weight is 604 g/mol. The van der Waals surface area contributed by atoms with Crippen molar-refractivity contribution in [3.63, 3.8) is 0 Å². The summed E-state index contributed by atoms with van der Waals surface area (Å²) in [6.45, 7) is 9.03. The Morgan fingerprint density at radius 3 is 2.48 bits per heavy atom. The van der Waals surface area contributed by atoms with Crippen LogP contribution in [0.15, 0.2) is 96.4 Å². The predicted octanol–water partition coefficient (Wildman–Crippen LogP) is 6.66. The van der Waals surface area contributed by atoms with Crippen LogP contribution in [-0.4, -0.2) is 37.6 Å². The van der Waals surface area contributed by atoms with E-state index in [1.807, 2.05) is 96.7 Å². The molecule has 0 amide bonds. The summed E-state index contributed by atoms with van der Waals surface area (Å²) in [7, 11) is 0. The van der Waals surface area contributed by atoms with Crippen molar-refractivity contribution in [1.29, 1.82) is 0 Å². The number of fused-ring (bicyclic) bond motifs is 1. The van der Waals surface area contributed by atoms with E-state index in [-0.39, 0.29) is 5.56 Å². The molecule has 0 aliphatic rings. The van der Waals surface area contributed by atoms with E-state index in [1.165, 1.54) is 15.9 Å². The number of unbranched alkanes of at least 4 members (excludes halogenated alkanes) is 2. The molecule has 6 aromatic rings. The quantitative estimate of drug-likeness (QED) is 0.115. The largest absolute Gasteiger partial charge is 0.494 e. The van der Waals surface area contributed by atoms with Crippen molar-refractivity contribution in [3.05, 3.63) is 118 Å². The molecule has 0 saturated carbocycles. The number of aromatic nitrogens is 5. The number of para-hydroxylation sites is 1. The molecule has 0 aliphatic heterocycles. The van der Waals surface area contributed by atoms with Gasteiger partial charge in [-0.3, -0.25) is 4.79 Å². The van der Waals surface area contributed by atoms with Gasteiger partial charge in [0.15, 0.2) is 5.82 Å². The highest BCUT2D eigenvalue weighted by Gasteiger charge is 2.16. The first kappa shape index (κ1) is 29.1. The van der Waals surface area contributed by atoms with Crippen molar-refractivity contribution in [1.82, 2.24) is 24.4 Å². The van der Waals surface area contributed by atoms with Crippen LogP contribution in [0.5, 0.6) is 11.5 Å². The summed E-state index contributed by atoms with van der Waals surface area (Å²) < 4.78 is 15.3. The Bertz CT molecular complexity index is 2010. The maximum Gasteiger partial charge on any atom is 0.291 e. The molecule has 8 nitrogen and oxygen atoms in total. The molecular weight excluding hydrogens is 570 g/mol. The maximum absolute atomic E-state index is 13.5. The van der Waals surface area contributed by atoms with E-state index in [9.17, 15) is 4.79 Å². The van der Waals surface area contributed by atoms with Gasteiger partial charge < -0.3 is 9.47 Å². The highest BCUT2D eigenvalue weighted by molar-refractivity contribution is 7.15. The number of ether oxygens (including phenoxy) is 2. The number of benzene rings is 3. The molecule has 0 unspecified atom stereocenters. The second kappa shape index (κ2) is 13.1. The van der Waals surface area contributed by atoms with Crippen molar-refractivity contribution in [2.45, 2.75) is 33.1 Å². The van der Waals surface area contributed by atoms with Gasteiger partial charge in [-0.15, -0.1) is 5.10 Å². The summed E-state index contributed by atoms with van der Waals surface area (Å²) in [4.78, 5) is 18.7. The highest BCUT2D eigenvalue weighted by Crippen LogP contribution is 2.29. The SMILES string of the molecule is C=CCOc1ccc(-c2nn(-c3ccccc3)cc2/C=c2/sc3nc(-c4ccc(OCCCCC)cc4)nn3c2=O)cc1C. The van der Waals surface area contributed by atoms with Crippen molar-refractivity contribution < 1.29 is 9.47 Å². The Hall–Kier alpha value is -5.02. The lowest BCUT2D eigenvalue weighted by atomic mass is 10.0. The molecule has 6 rings (SSSR count). The van der Waals surface area contributed by atoms with Gasteiger partial charge in [0.25, 0.3) is 5.56 Å². The molecule has 3 heterocycles. The fourth-order valence-corrected chi connectivity index (χ4v) is 5.78. The Kier molecular flexibility index (Phi) is 8.65. The zero-order valence-electron chi connectivity index (χ0n) is 24.8. The molecule has 0 radical (unpaired) electrons. The molecule has 44 heavy (non-hydrogen) atoms. The van der Waals surface area contributed by atoms with E-state index in [1.54, 1.807) is 6.08 Å². The first-order valence-electron chi connectivity index (χ1n) is 14.7. The lowest BCUT2D eigenvalue weighted by Gasteiger charge is -2.08. The van der Waals surface area contributed by atoms with E-state index >= 15 is 0 Å². The summed E-state index contributed by atoms with van der Waals surface area (Å²) in [5.74, 6) is 2.11. The molecule has 3 aromatic heterocycles. The standard InChI is InChI=1S/C35H33N5O3S/c1-4-6-10-20-42-29-16-13-25(14-17-29)33-36-35-40(38-33)34(41)31(44-35)22-27-23-39(28-11-8-7-9-12-28)37-32(27)26-15-18-30(24(3)21-26)43-19-5-2/h5,7-9,11-18,21-23H,2,4,6,10,19-20H2,1,3H3/b31-22+. The van der Waals surface area contributed by atoms with Crippen LogP contribution in [0.1, 0.15) is 37.3 Å². The van der Waals surface area contributed by atoms with Gasteiger partial charge in [-0.25, -0.2) is 4.68 Å². The highest BCUT2D eigenvalue weighted by atomic mass is 32.1. The van der Waals surface area contributed by atoms with Crippen LogP contribution >= 0.6 is 11.3 Å². The molecule has 0 saturated heterocycles. The van der Waals surface area contributed by atoms with Crippen LogP contribution in [0.25, 0.3) is 39.4 Å². The molecule has 222 valence electrons. The van der Waals surface area contributed by atoms with Crippen LogP contribution in [0.4, 0.5) is 0 Å². The lowest BCUT2D eigenvalue weighted by Crippen LogP contribution is -2.23. The summed E-state index contributed by atoms with van der Waals surface area (Å²) in [5, 5.41) is 9.46. The number of hydrogen-bond acceptors (Lipinski definition) is 7. The van der Waals surface area contributed by atoms with Crippen LogP contribution < -0.4 is 19.6 Å². The first-order valence-corrected chi connectivity index (χ1v) is 15.5. The number of rotatable bonds is 12. The van der Waals surface area contributed by atoms with Gasteiger partial charge in [0, 0.05) is 22.9 Å². The minimum atomic E-state index is -0.220. The van der Waals surface area contributed by atoms with Gasteiger partial charge in [0.1, 0.15) is 23.8 Å². The molecule has 0 bridgehead atoms. The van der Waals surface area contributed by atoms with Crippen LogP contribution in [0, 0.1) is 6.92 Å². The zero-order chi connectivity index (χ0) is 30.5. The minimum Gasteiger partial charge on any atom is -0.494 e. The first-order chi connectivity index (χ1) is 21.5.